The van der Waals surface area contributed by atoms with Crippen LogP contribution < -0.4 is 10.1 Å². The largest absolute Gasteiger partial charge is 0.497 e. The summed E-state index contributed by atoms with van der Waals surface area (Å²) in [5.74, 6) is 1.53. The lowest BCUT2D eigenvalue weighted by atomic mass is 9.95. The molecule has 2 heteroatoms. The normalized spacial score (nSPS) is 12.4. The number of ether oxygens (including phenoxy) is 1. The molecule has 112 valence electrons. The first kappa shape index (κ1) is 15.6. The molecule has 0 aliphatic heterocycles. The number of methoxy groups -OCH3 is 1. The Hall–Kier alpha value is -1.80. The highest BCUT2D eigenvalue weighted by molar-refractivity contribution is 5.65. The summed E-state index contributed by atoms with van der Waals surface area (Å²) in [6.07, 6.45) is 1.06. The Balaban J connectivity index is 2.14. The van der Waals surface area contributed by atoms with E-state index in [1.165, 1.54) is 16.7 Å². The van der Waals surface area contributed by atoms with E-state index in [9.17, 15) is 0 Å². The first-order valence-electron chi connectivity index (χ1n) is 7.54. The molecule has 0 spiro atoms. The topological polar surface area (TPSA) is 21.3 Å². The van der Waals surface area contributed by atoms with Crippen LogP contribution >= 0.6 is 0 Å². The van der Waals surface area contributed by atoms with Crippen LogP contribution in [0.2, 0.25) is 0 Å². The van der Waals surface area contributed by atoms with Crippen molar-refractivity contribution < 1.29 is 4.74 Å². The van der Waals surface area contributed by atoms with E-state index >= 15 is 0 Å². The molecule has 0 saturated carbocycles. The minimum Gasteiger partial charge on any atom is -0.497 e. The van der Waals surface area contributed by atoms with E-state index in [1.807, 2.05) is 19.2 Å². The maximum Gasteiger partial charge on any atom is 0.119 e. The number of rotatable bonds is 6. The molecule has 0 aromatic heterocycles. The van der Waals surface area contributed by atoms with Gasteiger partial charge in [-0.2, -0.15) is 0 Å². The van der Waals surface area contributed by atoms with Crippen molar-refractivity contribution in [2.75, 3.05) is 14.2 Å². The molecular formula is C19H25NO. The van der Waals surface area contributed by atoms with E-state index in [1.54, 1.807) is 7.11 Å². The van der Waals surface area contributed by atoms with Gasteiger partial charge in [0.2, 0.25) is 0 Å². The monoisotopic (exact) mass is 283 g/mol. The van der Waals surface area contributed by atoms with Gasteiger partial charge in [0.15, 0.2) is 0 Å². The molecule has 21 heavy (non-hydrogen) atoms. The van der Waals surface area contributed by atoms with Crippen LogP contribution in [0.25, 0.3) is 11.1 Å². The average molecular weight is 283 g/mol. The molecule has 0 bridgehead atoms. The number of likely N-dealkylation sites (N-methyl/N-ethyl adjacent to an activating group) is 1. The summed E-state index contributed by atoms with van der Waals surface area (Å²) < 4.78 is 5.29. The molecule has 0 amide bonds. The Kier molecular flexibility index (Phi) is 5.40. The molecule has 0 aliphatic carbocycles. The fraction of sp³-hybridized carbons (Fsp3) is 0.368. The Labute approximate surface area is 128 Å². The van der Waals surface area contributed by atoms with Crippen molar-refractivity contribution >= 4 is 0 Å². The molecule has 0 fully saturated rings. The van der Waals surface area contributed by atoms with E-state index in [0.29, 0.717) is 12.0 Å². The molecule has 2 nitrogen and oxygen atoms in total. The van der Waals surface area contributed by atoms with Crippen molar-refractivity contribution in [3.8, 4) is 16.9 Å². The van der Waals surface area contributed by atoms with Crippen molar-refractivity contribution in [1.82, 2.24) is 5.32 Å². The average Bonchev–Trinajstić information content (AvgIpc) is 2.53. The Morgan fingerprint density at radius 1 is 1.00 bits per heavy atom. The van der Waals surface area contributed by atoms with Crippen LogP contribution in [0.1, 0.15) is 19.4 Å². The van der Waals surface area contributed by atoms with Crippen LogP contribution in [-0.4, -0.2) is 20.2 Å². The number of benzene rings is 2. The van der Waals surface area contributed by atoms with Crippen LogP contribution in [0.15, 0.2) is 48.5 Å². The summed E-state index contributed by atoms with van der Waals surface area (Å²) >= 11 is 0. The number of hydrogen-bond donors (Lipinski definition) is 1. The molecule has 2 aromatic rings. The van der Waals surface area contributed by atoms with Gasteiger partial charge in [-0.05, 0) is 48.2 Å². The van der Waals surface area contributed by atoms with Crippen molar-refractivity contribution in [3.05, 3.63) is 54.1 Å². The molecular weight excluding hydrogens is 258 g/mol. The van der Waals surface area contributed by atoms with E-state index in [4.69, 9.17) is 4.74 Å². The van der Waals surface area contributed by atoms with E-state index in [-0.39, 0.29) is 0 Å². The van der Waals surface area contributed by atoms with Crippen molar-refractivity contribution in [1.29, 1.82) is 0 Å². The Morgan fingerprint density at radius 2 is 1.71 bits per heavy atom. The van der Waals surface area contributed by atoms with Gasteiger partial charge in [-0.3, -0.25) is 0 Å². The minimum atomic E-state index is 0.521. The molecule has 0 radical (unpaired) electrons. The lowest BCUT2D eigenvalue weighted by molar-refractivity contribution is 0.415. The first-order chi connectivity index (χ1) is 10.1. The highest BCUT2D eigenvalue weighted by Gasteiger charge is 2.11. The second-order valence-corrected chi connectivity index (χ2v) is 5.77. The van der Waals surface area contributed by atoms with E-state index < -0.39 is 0 Å². The van der Waals surface area contributed by atoms with Crippen molar-refractivity contribution in [2.45, 2.75) is 26.3 Å². The molecule has 0 aliphatic rings. The lowest BCUT2D eigenvalue weighted by Crippen LogP contribution is -2.32. The first-order valence-corrected chi connectivity index (χ1v) is 7.54. The fourth-order valence-corrected chi connectivity index (χ4v) is 2.56. The summed E-state index contributed by atoms with van der Waals surface area (Å²) in [5, 5.41) is 3.39. The zero-order valence-electron chi connectivity index (χ0n) is 13.4. The highest BCUT2D eigenvalue weighted by Crippen LogP contribution is 2.24. The van der Waals surface area contributed by atoms with Gasteiger partial charge >= 0.3 is 0 Å². The van der Waals surface area contributed by atoms with Gasteiger partial charge in [-0.25, -0.2) is 0 Å². The summed E-state index contributed by atoms with van der Waals surface area (Å²) in [6, 6.07) is 17.5. The SMILES string of the molecule is CNC(Cc1ccc(-c2cccc(OC)c2)cc1)C(C)C. The predicted octanol–water partition coefficient (Wildman–Crippen LogP) is 4.15. The number of hydrogen-bond acceptors (Lipinski definition) is 2. The molecule has 1 unspecified atom stereocenters. The van der Waals surface area contributed by atoms with Crippen LogP contribution in [0.5, 0.6) is 5.75 Å². The minimum absolute atomic E-state index is 0.521. The summed E-state index contributed by atoms with van der Waals surface area (Å²) in [6.45, 7) is 4.51. The maximum absolute atomic E-state index is 5.29. The van der Waals surface area contributed by atoms with E-state index in [2.05, 4.69) is 55.6 Å². The van der Waals surface area contributed by atoms with Gasteiger partial charge < -0.3 is 10.1 Å². The highest BCUT2D eigenvalue weighted by atomic mass is 16.5. The van der Waals surface area contributed by atoms with Crippen LogP contribution in [0.4, 0.5) is 0 Å². The van der Waals surface area contributed by atoms with Crippen molar-refractivity contribution in [2.24, 2.45) is 5.92 Å². The van der Waals surface area contributed by atoms with Gasteiger partial charge in [-0.1, -0.05) is 50.2 Å². The molecule has 1 atom stereocenters. The molecule has 0 saturated heterocycles. The molecule has 2 aromatic carbocycles. The van der Waals surface area contributed by atoms with Crippen LogP contribution in [0, 0.1) is 5.92 Å². The van der Waals surface area contributed by atoms with Gasteiger partial charge in [0.1, 0.15) is 5.75 Å². The van der Waals surface area contributed by atoms with Crippen molar-refractivity contribution in [3.63, 3.8) is 0 Å². The Morgan fingerprint density at radius 3 is 2.29 bits per heavy atom. The molecule has 1 N–H and O–H groups in total. The van der Waals surface area contributed by atoms with Crippen LogP contribution in [0.3, 0.4) is 0 Å². The second-order valence-electron chi connectivity index (χ2n) is 5.77. The maximum atomic E-state index is 5.29. The van der Waals surface area contributed by atoms with Gasteiger partial charge in [-0.15, -0.1) is 0 Å². The summed E-state index contributed by atoms with van der Waals surface area (Å²) in [7, 11) is 3.74. The molecule has 2 rings (SSSR count). The van der Waals surface area contributed by atoms with Gasteiger partial charge in [0.25, 0.3) is 0 Å². The third kappa shape index (κ3) is 4.08. The standard InChI is InChI=1S/C19H25NO/c1-14(2)19(20-3)12-15-8-10-16(11-9-15)17-6-5-7-18(13-17)21-4/h5-11,13-14,19-20H,12H2,1-4H3. The predicted molar refractivity (Wildman–Crippen MR) is 89.8 cm³/mol. The lowest BCUT2D eigenvalue weighted by Gasteiger charge is -2.20. The number of nitrogens with one attached hydrogen (secondary N) is 1. The fourth-order valence-electron chi connectivity index (χ4n) is 2.56. The molecule has 0 heterocycles. The second kappa shape index (κ2) is 7.28. The smallest absolute Gasteiger partial charge is 0.119 e. The van der Waals surface area contributed by atoms with Gasteiger partial charge in [0.05, 0.1) is 7.11 Å². The summed E-state index contributed by atoms with van der Waals surface area (Å²) in [4.78, 5) is 0. The van der Waals surface area contributed by atoms with E-state index in [0.717, 1.165) is 12.2 Å². The van der Waals surface area contributed by atoms with Crippen LogP contribution in [-0.2, 0) is 6.42 Å². The summed E-state index contributed by atoms with van der Waals surface area (Å²) in [5.41, 5.74) is 3.79. The quantitative estimate of drug-likeness (QED) is 0.860. The third-order valence-electron chi connectivity index (χ3n) is 3.99. The zero-order chi connectivity index (χ0) is 15.2. The third-order valence-corrected chi connectivity index (χ3v) is 3.99. The zero-order valence-corrected chi connectivity index (χ0v) is 13.4. The van der Waals surface area contributed by atoms with Gasteiger partial charge in [0, 0.05) is 6.04 Å². The Bertz CT molecular complexity index is 560.